The zero-order valence-electron chi connectivity index (χ0n) is 14.7. The first-order valence-electron chi connectivity index (χ1n) is 8.14. The molecule has 0 aliphatic carbocycles. The fraction of sp³-hybridized carbons (Fsp3) is 0.286. The molecular formula is C21H23NO2. The third kappa shape index (κ3) is 3.07. The molecule has 3 heteroatoms. The zero-order valence-corrected chi connectivity index (χ0v) is 14.7. The molecule has 0 radical (unpaired) electrons. The second kappa shape index (κ2) is 6.16. The molecule has 24 heavy (non-hydrogen) atoms. The van der Waals surface area contributed by atoms with E-state index in [-0.39, 0.29) is 5.41 Å². The first-order valence-corrected chi connectivity index (χ1v) is 8.14. The number of methoxy groups -OCH3 is 1. The van der Waals surface area contributed by atoms with E-state index in [2.05, 4.69) is 49.6 Å². The van der Waals surface area contributed by atoms with Gasteiger partial charge in [-0.1, -0.05) is 45.0 Å². The average molecular weight is 321 g/mol. The first kappa shape index (κ1) is 16.3. The normalized spacial score (nSPS) is 11.7. The number of fused-ring (bicyclic) bond motifs is 1. The number of nitrogens with zero attached hydrogens (tertiary/aromatic N) is 1. The molecule has 2 aromatic carbocycles. The van der Waals surface area contributed by atoms with Gasteiger partial charge in [0, 0.05) is 29.2 Å². The molecule has 0 unspecified atom stereocenters. The van der Waals surface area contributed by atoms with Gasteiger partial charge in [0.2, 0.25) is 0 Å². The number of aldehydes is 1. The predicted octanol–water partition coefficient (Wildman–Crippen LogP) is 4.81. The predicted molar refractivity (Wildman–Crippen MR) is 98.1 cm³/mol. The van der Waals surface area contributed by atoms with Crippen LogP contribution in [0.1, 0.15) is 42.3 Å². The van der Waals surface area contributed by atoms with Gasteiger partial charge < -0.3 is 9.30 Å². The van der Waals surface area contributed by atoms with Gasteiger partial charge in [-0.15, -0.1) is 0 Å². The van der Waals surface area contributed by atoms with E-state index in [0.717, 1.165) is 29.5 Å². The summed E-state index contributed by atoms with van der Waals surface area (Å²) in [5, 5.41) is 0.927. The van der Waals surface area contributed by atoms with Crippen molar-refractivity contribution in [3.8, 4) is 5.75 Å². The molecule has 0 fully saturated rings. The molecule has 0 N–H and O–H groups in total. The highest BCUT2D eigenvalue weighted by molar-refractivity contribution is 5.98. The van der Waals surface area contributed by atoms with E-state index in [1.165, 1.54) is 11.1 Å². The Labute approximate surface area is 142 Å². The minimum absolute atomic E-state index is 0.153. The SMILES string of the molecule is COc1ccc2c(c1)c(C=O)cn2Cc1ccc(C(C)(C)C)cc1. The average Bonchev–Trinajstić information content (AvgIpc) is 2.91. The molecular weight excluding hydrogens is 298 g/mol. The van der Waals surface area contributed by atoms with Gasteiger partial charge in [0.1, 0.15) is 5.75 Å². The molecule has 3 rings (SSSR count). The summed E-state index contributed by atoms with van der Waals surface area (Å²) in [6, 6.07) is 14.5. The number of aromatic nitrogens is 1. The molecule has 3 aromatic rings. The first-order chi connectivity index (χ1) is 11.4. The third-order valence-electron chi connectivity index (χ3n) is 4.42. The molecule has 1 aromatic heterocycles. The van der Waals surface area contributed by atoms with Crippen LogP contribution >= 0.6 is 0 Å². The number of rotatable bonds is 4. The zero-order chi connectivity index (χ0) is 17.3. The Morgan fingerprint density at radius 1 is 1.08 bits per heavy atom. The summed E-state index contributed by atoms with van der Waals surface area (Å²) in [4.78, 5) is 11.4. The van der Waals surface area contributed by atoms with Crippen molar-refractivity contribution in [3.05, 3.63) is 65.4 Å². The van der Waals surface area contributed by atoms with Crippen molar-refractivity contribution in [2.45, 2.75) is 32.7 Å². The van der Waals surface area contributed by atoms with Gasteiger partial charge in [-0.3, -0.25) is 4.79 Å². The lowest BCUT2D eigenvalue weighted by molar-refractivity contribution is 0.112. The van der Waals surface area contributed by atoms with Crippen molar-refractivity contribution in [1.29, 1.82) is 0 Å². The van der Waals surface area contributed by atoms with Crippen molar-refractivity contribution < 1.29 is 9.53 Å². The van der Waals surface area contributed by atoms with Crippen LogP contribution in [0.4, 0.5) is 0 Å². The van der Waals surface area contributed by atoms with Crippen LogP contribution in [0.3, 0.4) is 0 Å². The standard InChI is InChI=1S/C21H23NO2/c1-21(2,3)17-7-5-15(6-8-17)12-22-13-16(14-23)19-11-18(24-4)9-10-20(19)22/h5-11,13-14H,12H2,1-4H3. The number of carbonyl (C=O) groups excluding carboxylic acids is 1. The van der Waals surface area contributed by atoms with Crippen LogP contribution in [0.5, 0.6) is 5.75 Å². The molecule has 1 heterocycles. The van der Waals surface area contributed by atoms with Crippen molar-refractivity contribution in [2.75, 3.05) is 7.11 Å². The minimum atomic E-state index is 0.153. The molecule has 0 saturated heterocycles. The van der Waals surface area contributed by atoms with Gasteiger partial charge in [-0.2, -0.15) is 0 Å². The fourth-order valence-electron chi connectivity index (χ4n) is 2.96. The molecule has 0 spiro atoms. The highest BCUT2D eigenvalue weighted by Gasteiger charge is 2.13. The second-order valence-corrected chi connectivity index (χ2v) is 7.16. The van der Waals surface area contributed by atoms with Crippen molar-refractivity contribution >= 4 is 17.2 Å². The Hall–Kier alpha value is -2.55. The van der Waals surface area contributed by atoms with Gasteiger partial charge >= 0.3 is 0 Å². The smallest absolute Gasteiger partial charge is 0.152 e. The van der Waals surface area contributed by atoms with Crippen LogP contribution in [0.2, 0.25) is 0 Å². The third-order valence-corrected chi connectivity index (χ3v) is 4.42. The highest BCUT2D eigenvalue weighted by Crippen LogP contribution is 2.27. The summed E-state index contributed by atoms with van der Waals surface area (Å²) in [6.07, 6.45) is 2.82. The van der Waals surface area contributed by atoms with Crippen LogP contribution in [-0.4, -0.2) is 18.0 Å². The summed E-state index contributed by atoms with van der Waals surface area (Å²) in [5.74, 6) is 0.762. The maximum atomic E-state index is 11.4. The molecule has 3 nitrogen and oxygen atoms in total. The largest absolute Gasteiger partial charge is 0.497 e. The van der Waals surface area contributed by atoms with Crippen LogP contribution in [0.25, 0.3) is 10.9 Å². The Kier molecular flexibility index (Phi) is 4.18. The van der Waals surface area contributed by atoms with Crippen LogP contribution in [0, 0.1) is 0 Å². The van der Waals surface area contributed by atoms with Crippen molar-refractivity contribution in [2.24, 2.45) is 0 Å². The van der Waals surface area contributed by atoms with Gasteiger partial charge in [0.25, 0.3) is 0 Å². The number of ether oxygens (including phenoxy) is 1. The Morgan fingerprint density at radius 3 is 2.38 bits per heavy atom. The van der Waals surface area contributed by atoms with Crippen molar-refractivity contribution in [1.82, 2.24) is 4.57 Å². The summed E-state index contributed by atoms with van der Waals surface area (Å²) in [6.45, 7) is 7.38. The van der Waals surface area contributed by atoms with Crippen LogP contribution in [-0.2, 0) is 12.0 Å². The van der Waals surface area contributed by atoms with E-state index >= 15 is 0 Å². The Bertz CT molecular complexity index is 867. The number of hydrogen-bond acceptors (Lipinski definition) is 2. The van der Waals surface area contributed by atoms with Gasteiger partial charge in [0.15, 0.2) is 6.29 Å². The lowest BCUT2D eigenvalue weighted by Crippen LogP contribution is -2.10. The Balaban J connectivity index is 1.97. The molecule has 0 aliphatic rings. The number of benzene rings is 2. The maximum Gasteiger partial charge on any atom is 0.152 e. The van der Waals surface area contributed by atoms with Gasteiger partial charge in [0.05, 0.1) is 7.11 Å². The Morgan fingerprint density at radius 2 is 1.79 bits per heavy atom. The monoisotopic (exact) mass is 321 g/mol. The van der Waals surface area contributed by atoms with E-state index in [4.69, 9.17) is 4.74 Å². The second-order valence-electron chi connectivity index (χ2n) is 7.16. The quantitative estimate of drug-likeness (QED) is 0.646. The number of carbonyl (C=O) groups is 1. The lowest BCUT2D eigenvalue weighted by atomic mass is 9.87. The van der Waals surface area contributed by atoms with E-state index in [0.29, 0.717) is 5.56 Å². The topological polar surface area (TPSA) is 31.2 Å². The summed E-state index contributed by atoms with van der Waals surface area (Å²) >= 11 is 0. The fourth-order valence-corrected chi connectivity index (χ4v) is 2.96. The molecule has 0 saturated carbocycles. The minimum Gasteiger partial charge on any atom is -0.497 e. The van der Waals surface area contributed by atoms with E-state index < -0.39 is 0 Å². The van der Waals surface area contributed by atoms with Crippen LogP contribution < -0.4 is 4.74 Å². The summed E-state index contributed by atoms with van der Waals surface area (Å²) < 4.78 is 7.38. The van der Waals surface area contributed by atoms with E-state index in [1.807, 2.05) is 24.4 Å². The highest BCUT2D eigenvalue weighted by atomic mass is 16.5. The van der Waals surface area contributed by atoms with Gasteiger partial charge in [-0.05, 0) is 34.7 Å². The van der Waals surface area contributed by atoms with Crippen LogP contribution in [0.15, 0.2) is 48.7 Å². The lowest BCUT2D eigenvalue weighted by Gasteiger charge is -2.19. The van der Waals surface area contributed by atoms with Crippen molar-refractivity contribution in [3.63, 3.8) is 0 Å². The molecule has 0 amide bonds. The summed E-state index contributed by atoms with van der Waals surface area (Å²) in [5.41, 5.74) is 4.42. The molecule has 0 atom stereocenters. The summed E-state index contributed by atoms with van der Waals surface area (Å²) in [7, 11) is 1.63. The van der Waals surface area contributed by atoms with Gasteiger partial charge in [-0.25, -0.2) is 0 Å². The van der Waals surface area contributed by atoms with E-state index in [1.54, 1.807) is 7.11 Å². The maximum absolute atomic E-state index is 11.4. The molecule has 0 aliphatic heterocycles. The van der Waals surface area contributed by atoms with E-state index in [9.17, 15) is 4.79 Å². The molecule has 0 bridgehead atoms. The number of hydrogen-bond donors (Lipinski definition) is 0. The molecule has 124 valence electrons.